The Balaban J connectivity index is 0.933. The molecular weight excluding hydrogens is 865 g/mol. The van der Waals surface area contributed by atoms with Crippen LogP contribution in [0.2, 0.25) is 0 Å². The van der Waals surface area contributed by atoms with Crippen LogP contribution < -0.4 is 9.80 Å². The predicted octanol–water partition coefficient (Wildman–Crippen LogP) is 18.2. The van der Waals surface area contributed by atoms with E-state index in [9.17, 15) is 0 Å². The lowest BCUT2D eigenvalue weighted by atomic mass is 9.99. The number of fused-ring (bicyclic) bond motifs is 15. The van der Waals surface area contributed by atoms with E-state index in [1.807, 2.05) is 30.5 Å². The Labute approximate surface area is 398 Å². The molecule has 11 aromatic carbocycles. The summed E-state index contributed by atoms with van der Waals surface area (Å²) in [5.41, 5.74) is 8.40. The molecule has 0 unspecified atom stereocenters. The maximum atomic E-state index is 6.51. The molecule has 6 nitrogen and oxygen atoms in total. The fraction of sp³-hybridized carbons (Fsp3) is 0. The highest BCUT2D eigenvalue weighted by Gasteiger charge is 2.24. The number of para-hydroxylation sites is 2. The van der Waals surface area contributed by atoms with Gasteiger partial charge in [0.15, 0.2) is 0 Å². The fourth-order valence-electron chi connectivity index (χ4n) is 10.7. The molecule has 15 aromatic rings. The van der Waals surface area contributed by atoms with E-state index in [0.717, 1.165) is 109 Å². The summed E-state index contributed by atoms with van der Waals surface area (Å²) in [4.78, 5) is 16.2. The molecule has 7 heteroatoms. The molecule has 0 spiro atoms. The van der Waals surface area contributed by atoms with Gasteiger partial charge in [-0.15, -0.1) is 11.3 Å². The maximum Gasteiger partial charge on any atom is 0.235 e. The van der Waals surface area contributed by atoms with Crippen molar-refractivity contribution in [3.63, 3.8) is 0 Å². The van der Waals surface area contributed by atoms with Crippen LogP contribution in [0, 0.1) is 0 Å². The second-order valence-corrected chi connectivity index (χ2v) is 18.8. The van der Waals surface area contributed by atoms with Crippen molar-refractivity contribution in [1.29, 1.82) is 0 Å². The molecule has 0 fully saturated rings. The van der Waals surface area contributed by atoms with Gasteiger partial charge in [0.1, 0.15) is 27.2 Å². The Hall–Kier alpha value is -9.04. The van der Waals surface area contributed by atoms with E-state index in [2.05, 4.69) is 198 Å². The average molecular weight is 901 g/mol. The Kier molecular flexibility index (Phi) is 8.13. The van der Waals surface area contributed by atoms with E-state index in [1.165, 1.54) is 26.9 Å². The van der Waals surface area contributed by atoms with Crippen molar-refractivity contribution in [3.8, 4) is 0 Å². The fourth-order valence-corrected chi connectivity index (χ4v) is 11.8. The van der Waals surface area contributed by atoms with Gasteiger partial charge in [0.05, 0.1) is 17.1 Å². The number of aromatic nitrogens is 2. The number of anilines is 6. The minimum atomic E-state index is 0.577. The Morgan fingerprint density at radius 2 is 0.768 bits per heavy atom. The smallest absolute Gasteiger partial charge is 0.235 e. The van der Waals surface area contributed by atoms with Gasteiger partial charge in [0, 0.05) is 77.5 Å². The van der Waals surface area contributed by atoms with Crippen molar-refractivity contribution in [3.05, 3.63) is 219 Å². The molecule has 0 aliphatic rings. The first-order chi connectivity index (χ1) is 34.2. The molecule has 4 aromatic heterocycles. The number of hydrogen-bond donors (Lipinski definition) is 0. The maximum absolute atomic E-state index is 6.51. The SMILES string of the molecule is c1ccc2c(c1)cc(N(c1ccc3c(c1)oc1ccccc13)c1ccc3c(c1)sc1nc(N(c4ccc5c(c4)oc4ccccc45)c4cc5ccccc5c5ccccc45)ncc13)c1ccccc12. The minimum absolute atomic E-state index is 0.577. The summed E-state index contributed by atoms with van der Waals surface area (Å²) in [6, 6.07) is 75.4. The third-order valence-electron chi connectivity index (χ3n) is 13.9. The minimum Gasteiger partial charge on any atom is -0.456 e. The third kappa shape index (κ3) is 5.84. The molecule has 0 saturated heterocycles. The van der Waals surface area contributed by atoms with Crippen LogP contribution in [0.3, 0.4) is 0 Å². The summed E-state index contributed by atoms with van der Waals surface area (Å²) in [7, 11) is 0. The van der Waals surface area contributed by atoms with Gasteiger partial charge in [0.25, 0.3) is 0 Å². The lowest BCUT2D eigenvalue weighted by Crippen LogP contribution is -2.13. The zero-order valence-corrected chi connectivity index (χ0v) is 37.6. The van der Waals surface area contributed by atoms with Crippen LogP contribution >= 0.6 is 11.3 Å². The molecule has 0 saturated carbocycles. The van der Waals surface area contributed by atoms with E-state index in [0.29, 0.717) is 5.95 Å². The van der Waals surface area contributed by atoms with Gasteiger partial charge < -0.3 is 13.7 Å². The largest absolute Gasteiger partial charge is 0.456 e. The standard InChI is InChI=1S/C62H36N4O2S/c1-3-15-42-37(13-1)31-54(46-19-7-5-17-44(42)46)65(39-25-28-50-48-21-9-11-23-56(48)67-58(50)33-39)41-27-30-52-53-36-63-62(64-61(53)69-60(52)35-41)66(40-26-29-51-49-22-10-12-24-57(49)68-59(51)34-40)55-32-38-14-2-4-16-43(38)45-18-6-8-20-47(45)55/h1-36H. The number of thiophene rings is 1. The molecule has 69 heavy (non-hydrogen) atoms. The summed E-state index contributed by atoms with van der Waals surface area (Å²) in [5.74, 6) is 0.577. The van der Waals surface area contributed by atoms with E-state index in [4.69, 9.17) is 18.8 Å². The highest BCUT2D eigenvalue weighted by Crippen LogP contribution is 2.47. The quantitative estimate of drug-likeness (QED) is 0.155. The molecule has 0 amide bonds. The normalized spacial score (nSPS) is 12.1. The molecule has 4 heterocycles. The van der Waals surface area contributed by atoms with Crippen molar-refractivity contribution in [2.45, 2.75) is 0 Å². The van der Waals surface area contributed by atoms with Crippen LogP contribution in [0.15, 0.2) is 227 Å². The van der Waals surface area contributed by atoms with Gasteiger partial charge in [-0.3, -0.25) is 4.90 Å². The first kappa shape index (κ1) is 38.1. The third-order valence-corrected chi connectivity index (χ3v) is 14.9. The monoisotopic (exact) mass is 900 g/mol. The van der Waals surface area contributed by atoms with Gasteiger partial charge in [-0.1, -0.05) is 140 Å². The van der Waals surface area contributed by atoms with E-state index >= 15 is 0 Å². The van der Waals surface area contributed by atoms with Gasteiger partial charge in [-0.25, -0.2) is 9.97 Å². The number of benzene rings is 11. The van der Waals surface area contributed by atoms with Crippen molar-refractivity contribution in [1.82, 2.24) is 9.97 Å². The van der Waals surface area contributed by atoms with Crippen molar-refractivity contribution >= 4 is 153 Å². The van der Waals surface area contributed by atoms with Crippen LogP contribution in [0.25, 0.3) is 107 Å². The van der Waals surface area contributed by atoms with Crippen LogP contribution in [0.4, 0.5) is 34.4 Å². The predicted molar refractivity (Wildman–Crippen MR) is 289 cm³/mol. The second-order valence-electron chi connectivity index (χ2n) is 17.7. The molecule has 322 valence electrons. The zero-order valence-electron chi connectivity index (χ0n) is 36.8. The number of rotatable bonds is 6. The second kappa shape index (κ2) is 14.7. The number of nitrogens with zero attached hydrogens (tertiary/aromatic N) is 4. The molecular formula is C62H36N4O2S. The molecule has 0 radical (unpaired) electrons. The summed E-state index contributed by atoms with van der Waals surface area (Å²) in [6.07, 6.45) is 2.00. The van der Waals surface area contributed by atoms with Gasteiger partial charge in [-0.05, 0) is 93.0 Å². The first-order valence-corrected chi connectivity index (χ1v) is 23.9. The van der Waals surface area contributed by atoms with Crippen LogP contribution in [0.1, 0.15) is 0 Å². The Bertz CT molecular complexity index is 4310. The highest BCUT2D eigenvalue weighted by molar-refractivity contribution is 7.25. The lowest BCUT2D eigenvalue weighted by Gasteiger charge is -2.27. The number of hydrogen-bond acceptors (Lipinski definition) is 7. The van der Waals surface area contributed by atoms with Crippen LogP contribution in [-0.4, -0.2) is 9.97 Å². The van der Waals surface area contributed by atoms with Gasteiger partial charge >= 0.3 is 0 Å². The topological polar surface area (TPSA) is 58.5 Å². The van der Waals surface area contributed by atoms with Crippen molar-refractivity contribution in [2.75, 3.05) is 9.80 Å². The molecule has 0 N–H and O–H groups in total. The highest BCUT2D eigenvalue weighted by atomic mass is 32.1. The Morgan fingerprint density at radius 3 is 1.35 bits per heavy atom. The van der Waals surface area contributed by atoms with E-state index < -0.39 is 0 Å². The van der Waals surface area contributed by atoms with Crippen LogP contribution in [-0.2, 0) is 0 Å². The average Bonchev–Trinajstić information content (AvgIpc) is 4.09. The summed E-state index contributed by atoms with van der Waals surface area (Å²) in [5, 5.41) is 15.8. The molecule has 0 aliphatic carbocycles. The number of furan rings is 2. The van der Waals surface area contributed by atoms with E-state index in [1.54, 1.807) is 11.3 Å². The van der Waals surface area contributed by atoms with Gasteiger partial charge in [0.2, 0.25) is 5.95 Å². The van der Waals surface area contributed by atoms with Gasteiger partial charge in [-0.2, -0.15) is 0 Å². The van der Waals surface area contributed by atoms with Crippen molar-refractivity contribution < 1.29 is 8.83 Å². The molecule has 0 atom stereocenters. The van der Waals surface area contributed by atoms with E-state index in [-0.39, 0.29) is 0 Å². The zero-order chi connectivity index (χ0) is 45.2. The van der Waals surface area contributed by atoms with Crippen LogP contribution in [0.5, 0.6) is 0 Å². The van der Waals surface area contributed by atoms with Crippen molar-refractivity contribution in [2.24, 2.45) is 0 Å². The molecule has 15 rings (SSSR count). The summed E-state index contributed by atoms with van der Waals surface area (Å²) >= 11 is 1.69. The summed E-state index contributed by atoms with van der Waals surface area (Å²) < 4.78 is 14.1. The molecule has 0 aliphatic heterocycles. The first-order valence-electron chi connectivity index (χ1n) is 23.1. The summed E-state index contributed by atoms with van der Waals surface area (Å²) in [6.45, 7) is 0. The molecule has 0 bridgehead atoms. The Morgan fingerprint density at radius 1 is 0.333 bits per heavy atom. The lowest BCUT2D eigenvalue weighted by molar-refractivity contribution is 0.668.